The van der Waals surface area contributed by atoms with Gasteiger partial charge in [-0.05, 0) is 26.0 Å². The van der Waals surface area contributed by atoms with Crippen LogP contribution in [0.25, 0.3) is 0 Å². The van der Waals surface area contributed by atoms with Gasteiger partial charge in [0.1, 0.15) is 11.3 Å². The lowest BCUT2D eigenvalue weighted by molar-refractivity contribution is -0.139. The lowest BCUT2D eigenvalue weighted by Crippen LogP contribution is -2.15. The van der Waals surface area contributed by atoms with Crippen LogP contribution in [-0.4, -0.2) is 25.5 Å². The van der Waals surface area contributed by atoms with Crippen molar-refractivity contribution in [1.29, 1.82) is 0 Å². The van der Waals surface area contributed by atoms with Crippen LogP contribution >= 0.6 is 0 Å². The average Bonchev–Trinajstić information content (AvgIpc) is 2.39. The van der Waals surface area contributed by atoms with E-state index in [9.17, 15) is 9.59 Å². The Hall–Kier alpha value is -2.30. The van der Waals surface area contributed by atoms with Gasteiger partial charge in [-0.1, -0.05) is 12.1 Å². The number of ketones is 1. The van der Waals surface area contributed by atoms with Gasteiger partial charge < -0.3 is 14.8 Å². The molecule has 0 heterocycles. The van der Waals surface area contributed by atoms with E-state index in [0.717, 1.165) is 0 Å². The maximum absolute atomic E-state index is 11.6. The number of esters is 1. The van der Waals surface area contributed by atoms with Crippen molar-refractivity contribution in [3.63, 3.8) is 0 Å². The van der Waals surface area contributed by atoms with E-state index in [0.29, 0.717) is 11.4 Å². The standard InChI is InChI=1S/C14H17NO4/c1-4-19-14(17)11(10(2)16)9-15-12-7-5-6-8-13(12)18-3/h5-9,15H,4H2,1-3H3/b11-9-. The van der Waals surface area contributed by atoms with Crippen molar-refractivity contribution in [2.45, 2.75) is 13.8 Å². The van der Waals surface area contributed by atoms with Crippen molar-refractivity contribution in [1.82, 2.24) is 0 Å². The highest BCUT2D eigenvalue weighted by molar-refractivity contribution is 6.16. The van der Waals surface area contributed by atoms with Crippen LogP contribution in [0.5, 0.6) is 5.75 Å². The Balaban J connectivity index is 2.92. The summed E-state index contributed by atoms with van der Waals surface area (Å²) >= 11 is 0. The number of para-hydroxylation sites is 2. The number of carbonyl (C=O) groups excluding carboxylic acids is 2. The summed E-state index contributed by atoms with van der Waals surface area (Å²) in [4.78, 5) is 23.0. The van der Waals surface area contributed by atoms with Crippen molar-refractivity contribution in [3.8, 4) is 5.75 Å². The summed E-state index contributed by atoms with van der Waals surface area (Å²) in [7, 11) is 1.54. The van der Waals surface area contributed by atoms with E-state index >= 15 is 0 Å². The molecule has 0 unspecified atom stereocenters. The molecule has 0 radical (unpaired) electrons. The molecule has 1 N–H and O–H groups in total. The predicted octanol–water partition coefficient (Wildman–Crippen LogP) is 2.14. The summed E-state index contributed by atoms with van der Waals surface area (Å²) in [5, 5.41) is 2.88. The molecule has 0 aliphatic heterocycles. The number of methoxy groups -OCH3 is 1. The molecule has 0 aliphatic carbocycles. The molecule has 19 heavy (non-hydrogen) atoms. The number of Topliss-reactive ketones (excluding diaryl/α,β-unsaturated/α-hetero) is 1. The third-order valence-electron chi connectivity index (χ3n) is 2.35. The van der Waals surface area contributed by atoms with Gasteiger partial charge in [-0.15, -0.1) is 0 Å². The Morgan fingerprint density at radius 2 is 2.00 bits per heavy atom. The van der Waals surface area contributed by atoms with E-state index in [-0.39, 0.29) is 18.0 Å². The van der Waals surface area contributed by atoms with Crippen LogP contribution in [0.15, 0.2) is 36.0 Å². The van der Waals surface area contributed by atoms with Gasteiger partial charge in [-0.2, -0.15) is 0 Å². The van der Waals surface area contributed by atoms with E-state index in [2.05, 4.69) is 5.32 Å². The minimum Gasteiger partial charge on any atom is -0.495 e. The maximum Gasteiger partial charge on any atom is 0.343 e. The molecule has 1 aromatic carbocycles. The molecule has 1 rings (SSSR count). The number of hydrogen-bond acceptors (Lipinski definition) is 5. The Morgan fingerprint density at radius 1 is 1.32 bits per heavy atom. The highest BCUT2D eigenvalue weighted by Gasteiger charge is 2.15. The highest BCUT2D eigenvalue weighted by Crippen LogP contribution is 2.23. The van der Waals surface area contributed by atoms with E-state index < -0.39 is 5.97 Å². The fourth-order valence-corrected chi connectivity index (χ4v) is 1.43. The molecule has 0 bridgehead atoms. The molecule has 5 heteroatoms. The monoisotopic (exact) mass is 263 g/mol. The fourth-order valence-electron chi connectivity index (χ4n) is 1.43. The Labute approximate surface area is 112 Å². The van der Waals surface area contributed by atoms with Crippen LogP contribution in [0.1, 0.15) is 13.8 Å². The summed E-state index contributed by atoms with van der Waals surface area (Å²) in [5.74, 6) is -0.385. The van der Waals surface area contributed by atoms with Gasteiger partial charge in [-0.25, -0.2) is 4.79 Å². The molecule has 0 spiro atoms. The summed E-state index contributed by atoms with van der Waals surface area (Å²) in [6.07, 6.45) is 1.33. The van der Waals surface area contributed by atoms with Crippen LogP contribution in [0.4, 0.5) is 5.69 Å². The third-order valence-corrected chi connectivity index (χ3v) is 2.35. The SMILES string of the molecule is CCOC(=O)/C(=C\Nc1ccccc1OC)C(C)=O. The number of carbonyl (C=O) groups is 2. The average molecular weight is 263 g/mol. The van der Waals surface area contributed by atoms with Crippen molar-refractivity contribution >= 4 is 17.4 Å². The number of ether oxygens (including phenoxy) is 2. The summed E-state index contributed by atoms with van der Waals surface area (Å²) in [5.41, 5.74) is 0.626. The van der Waals surface area contributed by atoms with Crippen LogP contribution in [0.2, 0.25) is 0 Å². The minimum atomic E-state index is -0.641. The summed E-state index contributed by atoms with van der Waals surface area (Å²) < 4.78 is 9.96. The zero-order valence-corrected chi connectivity index (χ0v) is 11.2. The number of rotatable bonds is 6. The zero-order chi connectivity index (χ0) is 14.3. The first-order valence-corrected chi connectivity index (χ1v) is 5.88. The molecular formula is C14H17NO4. The molecule has 0 aliphatic rings. The largest absolute Gasteiger partial charge is 0.495 e. The molecule has 0 atom stereocenters. The highest BCUT2D eigenvalue weighted by atomic mass is 16.5. The van der Waals surface area contributed by atoms with Crippen molar-refractivity contribution in [2.75, 3.05) is 19.0 Å². The first-order valence-electron chi connectivity index (χ1n) is 5.88. The van der Waals surface area contributed by atoms with Gasteiger partial charge in [0, 0.05) is 6.20 Å². The van der Waals surface area contributed by atoms with Gasteiger partial charge in [-0.3, -0.25) is 4.79 Å². The van der Waals surface area contributed by atoms with Crippen molar-refractivity contribution < 1.29 is 19.1 Å². The second-order valence-corrected chi connectivity index (χ2v) is 3.68. The van der Waals surface area contributed by atoms with Gasteiger partial charge in [0.2, 0.25) is 0 Å². The number of benzene rings is 1. The van der Waals surface area contributed by atoms with Crippen molar-refractivity contribution in [3.05, 3.63) is 36.0 Å². The second kappa shape index (κ2) is 7.20. The minimum absolute atomic E-state index is 0.0345. The smallest absolute Gasteiger partial charge is 0.343 e. The molecule has 0 amide bonds. The lowest BCUT2D eigenvalue weighted by Gasteiger charge is -2.09. The topological polar surface area (TPSA) is 64.6 Å². The number of nitrogens with one attached hydrogen (secondary N) is 1. The van der Waals surface area contributed by atoms with Crippen LogP contribution in [0.3, 0.4) is 0 Å². The zero-order valence-electron chi connectivity index (χ0n) is 11.2. The molecule has 1 aromatic rings. The van der Waals surface area contributed by atoms with Crippen LogP contribution in [-0.2, 0) is 14.3 Å². The van der Waals surface area contributed by atoms with Crippen LogP contribution < -0.4 is 10.1 Å². The molecule has 5 nitrogen and oxygen atoms in total. The molecule has 102 valence electrons. The molecule has 0 fully saturated rings. The lowest BCUT2D eigenvalue weighted by atomic mass is 10.2. The molecule has 0 saturated carbocycles. The first-order chi connectivity index (χ1) is 9.10. The van der Waals surface area contributed by atoms with Gasteiger partial charge in [0.25, 0.3) is 0 Å². The quantitative estimate of drug-likeness (QED) is 0.369. The Bertz CT molecular complexity index is 494. The molecule has 0 saturated heterocycles. The fraction of sp³-hybridized carbons (Fsp3) is 0.286. The predicted molar refractivity (Wildman–Crippen MR) is 72.0 cm³/mol. The number of anilines is 1. The Kier molecular flexibility index (Phi) is 5.60. The number of hydrogen-bond donors (Lipinski definition) is 1. The normalized spacial score (nSPS) is 10.8. The van der Waals surface area contributed by atoms with Gasteiger partial charge in [0.05, 0.1) is 19.4 Å². The van der Waals surface area contributed by atoms with E-state index in [1.54, 1.807) is 26.2 Å². The van der Waals surface area contributed by atoms with E-state index in [1.165, 1.54) is 13.1 Å². The molecular weight excluding hydrogens is 246 g/mol. The van der Waals surface area contributed by atoms with E-state index in [1.807, 2.05) is 12.1 Å². The third kappa shape index (κ3) is 4.13. The first kappa shape index (κ1) is 14.8. The Morgan fingerprint density at radius 3 is 2.58 bits per heavy atom. The molecule has 0 aromatic heterocycles. The second-order valence-electron chi connectivity index (χ2n) is 3.68. The van der Waals surface area contributed by atoms with Gasteiger partial charge >= 0.3 is 5.97 Å². The summed E-state index contributed by atoms with van der Waals surface area (Å²) in [6, 6.07) is 7.19. The van der Waals surface area contributed by atoms with Crippen molar-refractivity contribution in [2.24, 2.45) is 0 Å². The summed E-state index contributed by atoms with van der Waals surface area (Å²) in [6.45, 7) is 3.22. The van der Waals surface area contributed by atoms with Crippen LogP contribution in [0, 0.1) is 0 Å². The van der Waals surface area contributed by atoms with Gasteiger partial charge in [0.15, 0.2) is 5.78 Å². The maximum atomic E-state index is 11.6. The van der Waals surface area contributed by atoms with E-state index in [4.69, 9.17) is 9.47 Å².